The number of carboxylic acid groups (broad SMARTS) is 2. The summed E-state index contributed by atoms with van der Waals surface area (Å²) in [6, 6.07) is 3.58. The molecule has 0 aliphatic heterocycles. The largest absolute Gasteiger partial charge is 0.481 e. The molecule has 4 amide bonds. The van der Waals surface area contributed by atoms with Gasteiger partial charge >= 0.3 is 11.9 Å². The number of benzene rings is 1. The van der Waals surface area contributed by atoms with Crippen molar-refractivity contribution in [3.63, 3.8) is 0 Å². The highest BCUT2D eigenvalue weighted by Crippen LogP contribution is 2.07. The molecule has 0 saturated carbocycles. The van der Waals surface area contributed by atoms with Gasteiger partial charge < -0.3 is 42.6 Å². The average molecular weight is 560 g/mol. The molecule has 4 atom stereocenters. The summed E-state index contributed by atoms with van der Waals surface area (Å²) in [6.07, 6.45) is 1.30. The number of carbonyl (C=O) groups excluding carboxylic acids is 4. The number of nitrogens with two attached hydrogens (primary N) is 2. The van der Waals surface area contributed by atoms with Crippen LogP contribution in [0.3, 0.4) is 0 Å². The molecule has 0 aliphatic carbocycles. The third kappa shape index (κ3) is 10.9. The zero-order valence-corrected chi connectivity index (χ0v) is 21.5. The van der Waals surface area contributed by atoms with Crippen LogP contribution in [0.15, 0.2) is 42.9 Å². The van der Waals surface area contributed by atoms with Gasteiger partial charge in [-0.1, -0.05) is 30.3 Å². The molecule has 2 rings (SSSR count). The zero-order chi connectivity index (χ0) is 29.7. The minimum Gasteiger partial charge on any atom is -0.481 e. The Kier molecular flexibility index (Phi) is 12.2. The number of aliphatic carboxylic acids is 2. The van der Waals surface area contributed by atoms with Gasteiger partial charge in [-0.15, -0.1) is 0 Å². The fourth-order valence-corrected chi connectivity index (χ4v) is 3.69. The van der Waals surface area contributed by atoms with E-state index in [0.717, 1.165) is 5.56 Å². The summed E-state index contributed by atoms with van der Waals surface area (Å²) in [6.45, 7) is 0. The number of carboxylic acids is 2. The summed E-state index contributed by atoms with van der Waals surface area (Å²) in [5.41, 5.74) is 12.4. The Morgan fingerprint density at radius 2 is 1.40 bits per heavy atom. The number of carbonyl (C=O) groups is 6. The van der Waals surface area contributed by atoms with Crippen LogP contribution in [0.5, 0.6) is 0 Å². The molecule has 0 aliphatic rings. The number of amides is 4. The molecule has 1 aromatic heterocycles. The molecule has 0 radical (unpaired) electrons. The monoisotopic (exact) mass is 559 g/mol. The van der Waals surface area contributed by atoms with Gasteiger partial charge in [0.05, 0.1) is 12.4 Å². The number of hydrogen-bond donors (Lipinski definition) is 8. The number of nitrogens with zero attached hydrogens (tertiary/aromatic N) is 1. The van der Waals surface area contributed by atoms with E-state index >= 15 is 0 Å². The van der Waals surface area contributed by atoms with Crippen LogP contribution in [-0.4, -0.2) is 79.9 Å². The first kappa shape index (κ1) is 31.4. The fourth-order valence-electron chi connectivity index (χ4n) is 3.69. The molecule has 0 fully saturated rings. The maximum absolute atomic E-state index is 13.1. The van der Waals surface area contributed by atoms with Gasteiger partial charge in [-0.2, -0.15) is 0 Å². The predicted molar refractivity (Wildman–Crippen MR) is 139 cm³/mol. The van der Waals surface area contributed by atoms with Crippen molar-refractivity contribution in [1.82, 2.24) is 25.9 Å². The van der Waals surface area contributed by atoms with Crippen molar-refractivity contribution in [3.8, 4) is 0 Å². The lowest BCUT2D eigenvalue weighted by molar-refractivity contribution is -0.142. The van der Waals surface area contributed by atoms with Crippen molar-refractivity contribution in [2.45, 2.75) is 62.7 Å². The Hall–Kier alpha value is -4.79. The van der Waals surface area contributed by atoms with E-state index in [1.807, 2.05) is 0 Å². The minimum absolute atomic E-state index is 0.145. The second-order valence-electron chi connectivity index (χ2n) is 9.04. The van der Waals surface area contributed by atoms with E-state index < -0.39 is 66.2 Å². The van der Waals surface area contributed by atoms with Crippen LogP contribution >= 0.6 is 0 Å². The summed E-state index contributed by atoms with van der Waals surface area (Å²) in [7, 11) is 0. The minimum atomic E-state index is -1.43. The molecule has 40 heavy (non-hydrogen) atoms. The van der Waals surface area contributed by atoms with Crippen LogP contribution in [0, 0.1) is 0 Å². The van der Waals surface area contributed by atoms with Crippen molar-refractivity contribution in [1.29, 1.82) is 0 Å². The smallest absolute Gasteiger partial charge is 0.326 e. The van der Waals surface area contributed by atoms with E-state index in [2.05, 4.69) is 25.9 Å². The number of aromatic nitrogens is 2. The number of hydrogen-bond acceptors (Lipinski definition) is 8. The summed E-state index contributed by atoms with van der Waals surface area (Å²) in [5.74, 6) is -5.94. The van der Waals surface area contributed by atoms with Gasteiger partial charge in [0.15, 0.2) is 0 Å². The highest BCUT2D eigenvalue weighted by Gasteiger charge is 2.31. The molecule has 15 heteroatoms. The third-order valence-corrected chi connectivity index (χ3v) is 5.82. The summed E-state index contributed by atoms with van der Waals surface area (Å²) < 4.78 is 0. The van der Waals surface area contributed by atoms with Gasteiger partial charge in [0, 0.05) is 31.2 Å². The fraction of sp³-hybridized carbons (Fsp3) is 0.400. The second kappa shape index (κ2) is 15.6. The van der Waals surface area contributed by atoms with Crippen LogP contribution in [0.1, 0.15) is 36.9 Å². The first-order chi connectivity index (χ1) is 19.0. The molecule has 2 aromatic rings. The Balaban J connectivity index is 2.15. The Morgan fingerprint density at radius 1 is 0.825 bits per heavy atom. The molecule has 10 N–H and O–H groups in total. The van der Waals surface area contributed by atoms with E-state index in [0.29, 0.717) is 5.69 Å². The molecule has 0 bridgehead atoms. The van der Waals surface area contributed by atoms with E-state index in [4.69, 9.17) is 16.6 Å². The molecule has 4 unspecified atom stereocenters. The Bertz CT molecular complexity index is 1170. The molecule has 1 aromatic carbocycles. The van der Waals surface area contributed by atoms with E-state index in [1.54, 1.807) is 30.3 Å². The van der Waals surface area contributed by atoms with Gasteiger partial charge in [-0.05, 0) is 24.8 Å². The first-order valence-corrected chi connectivity index (χ1v) is 12.4. The lowest BCUT2D eigenvalue weighted by Gasteiger charge is -2.25. The molecular formula is C25H33N7O8. The van der Waals surface area contributed by atoms with Crippen molar-refractivity contribution in [2.24, 2.45) is 11.5 Å². The number of imidazole rings is 1. The molecule has 15 nitrogen and oxygen atoms in total. The SMILES string of the molecule is NC(=O)CCC(NC(=O)C(CCC(=O)O)NC(=O)C(N)Cc1ccccc1)C(=O)NC(Cc1cnc[nH]1)C(=O)O. The van der Waals surface area contributed by atoms with E-state index in [-0.39, 0.29) is 32.1 Å². The van der Waals surface area contributed by atoms with Crippen LogP contribution in [-0.2, 0) is 41.6 Å². The van der Waals surface area contributed by atoms with Crippen molar-refractivity contribution < 1.29 is 39.0 Å². The summed E-state index contributed by atoms with van der Waals surface area (Å²) >= 11 is 0. The van der Waals surface area contributed by atoms with Crippen molar-refractivity contribution >= 4 is 35.6 Å². The van der Waals surface area contributed by atoms with Gasteiger partial charge in [-0.25, -0.2) is 9.78 Å². The molecule has 0 saturated heterocycles. The topological polar surface area (TPSA) is 260 Å². The second-order valence-corrected chi connectivity index (χ2v) is 9.04. The number of rotatable bonds is 17. The van der Waals surface area contributed by atoms with Crippen molar-refractivity contribution in [2.75, 3.05) is 0 Å². The summed E-state index contributed by atoms with van der Waals surface area (Å²) in [4.78, 5) is 79.6. The standard InChI is InChI=1S/C25H33N7O8/c26-16(10-14-4-2-1-3-5-14)22(36)30-18(7-9-21(34)35)23(37)31-17(6-8-20(27)33)24(38)32-19(25(39)40)11-15-12-28-13-29-15/h1-5,12-13,16-19H,6-11,26H2,(H2,27,33)(H,28,29)(H,30,36)(H,31,37)(H,32,38)(H,34,35)(H,39,40). The predicted octanol–water partition coefficient (Wildman–Crippen LogP) is -1.81. The molecule has 0 spiro atoms. The normalized spacial score (nSPS) is 13.7. The van der Waals surface area contributed by atoms with Crippen LogP contribution in [0.25, 0.3) is 0 Å². The number of nitrogens with one attached hydrogen (secondary N) is 4. The first-order valence-electron chi connectivity index (χ1n) is 12.4. The zero-order valence-electron chi connectivity index (χ0n) is 21.5. The number of aromatic amines is 1. The Labute approximate surface area is 229 Å². The van der Waals surface area contributed by atoms with Gasteiger partial charge in [0.1, 0.15) is 18.1 Å². The van der Waals surface area contributed by atoms with Gasteiger partial charge in [0.25, 0.3) is 0 Å². The Morgan fingerprint density at radius 3 is 1.93 bits per heavy atom. The van der Waals surface area contributed by atoms with Crippen LogP contribution in [0.4, 0.5) is 0 Å². The highest BCUT2D eigenvalue weighted by molar-refractivity contribution is 5.94. The maximum Gasteiger partial charge on any atom is 0.326 e. The number of H-pyrrole nitrogens is 1. The van der Waals surface area contributed by atoms with Gasteiger partial charge in [-0.3, -0.25) is 24.0 Å². The van der Waals surface area contributed by atoms with E-state index in [1.165, 1.54) is 12.5 Å². The van der Waals surface area contributed by atoms with Gasteiger partial charge in [0.2, 0.25) is 23.6 Å². The van der Waals surface area contributed by atoms with Crippen LogP contribution in [0.2, 0.25) is 0 Å². The van der Waals surface area contributed by atoms with E-state index in [9.17, 15) is 33.9 Å². The molecular weight excluding hydrogens is 526 g/mol. The molecule has 1 heterocycles. The lowest BCUT2D eigenvalue weighted by atomic mass is 10.0. The van der Waals surface area contributed by atoms with Crippen LogP contribution < -0.4 is 27.4 Å². The summed E-state index contributed by atoms with van der Waals surface area (Å²) in [5, 5.41) is 25.8. The lowest BCUT2D eigenvalue weighted by Crippen LogP contribution is -2.57. The van der Waals surface area contributed by atoms with Crippen molar-refractivity contribution in [3.05, 3.63) is 54.1 Å². The highest BCUT2D eigenvalue weighted by atomic mass is 16.4. The quantitative estimate of drug-likeness (QED) is 0.108. The molecule has 216 valence electrons. The third-order valence-electron chi connectivity index (χ3n) is 5.82. The number of primary amides is 1. The average Bonchev–Trinajstić information content (AvgIpc) is 3.41. The maximum atomic E-state index is 13.1.